The number of hydrogen-bond acceptors (Lipinski definition) is 1. The van der Waals surface area contributed by atoms with E-state index in [1.807, 2.05) is 0 Å². The van der Waals surface area contributed by atoms with E-state index in [4.69, 9.17) is 0 Å². The van der Waals surface area contributed by atoms with Gasteiger partial charge in [-0.2, -0.15) is 0 Å². The van der Waals surface area contributed by atoms with E-state index < -0.39 is 0 Å². The fourth-order valence-electron chi connectivity index (χ4n) is 3.29. The lowest BCUT2D eigenvalue weighted by Gasteiger charge is -2.37. The maximum Gasteiger partial charge on any atom is 0.0100 e. The van der Waals surface area contributed by atoms with E-state index in [9.17, 15) is 0 Å². The quantitative estimate of drug-likeness (QED) is 0.619. The Bertz CT molecular complexity index is 190. The summed E-state index contributed by atoms with van der Waals surface area (Å²) in [6, 6.07) is 0.927. The van der Waals surface area contributed by atoms with Gasteiger partial charge in [0.05, 0.1) is 0 Å². The van der Waals surface area contributed by atoms with Crippen molar-refractivity contribution >= 4 is 0 Å². The molecule has 0 saturated carbocycles. The first kappa shape index (κ1) is 10.5. The maximum atomic E-state index is 2.77. The molecule has 2 aliphatic rings. The molecule has 1 heteroatoms. The molecule has 82 valence electrons. The van der Waals surface area contributed by atoms with E-state index in [1.54, 1.807) is 0 Å². The number of fused-ring (bicyclic) bond motifs is 1. The monoisotopic (exact) mass is 195 g/mol. The lowest BCUT2D eigenvalue weighted by Crippen LogP contribution is -2.40. The van der Waals surface area contributed by atoms with Crippen LogP contribution in [0.2, 0.25) is 0 Å². The lowest BCUT2D eigenvalue weighted by molar-refractivity contribution is 0.125. The van der Waals surface area contributed by atoms with Gasteiger partial charge < -0.3 is 4.90 Å². The average Bonchev–Trinajstić information content (AvgIpc) is 2.37. The molecule has 0 aromatic rings. The van der Waals surface area contributed by atoms with Crippen LogP contribution in [-0.2, 0) is 0 Å². The van der Waals surface area contributed by atoms with Gasteiger partial charge in [0, 0.05) is 6.04 Å². The SMILES string of the molecule is CCC1(C)CCCN2CCCCC2C1. The van der Waals surface area contributed by atoms with Crippen LogP contribution in [0.25, 0.3) is 0 Å². The fraction of sp³-hybridized carbons (Fsp3) is 1.00. The van der Waals surface area contributed by atoms with Gasteiger partial charge >= 0.3 is 0 Å². The van der Waals surface area contributed by atoms with Gasteiger partial charge in [-0.25, -0.2) is 0 Å². The molecule has 0 aromatic heterocycles. The summed E-state index contributed by atoms with van der Waals surface area (Å²) in [4.78, 5) is 2.77. The minimum Gasteiger partial charge on any atom is -0.300 e. The molecule has 0 amide bonds. The van der Waals surface area contributed by atoms with Crippen LogP contribution in [0.4, 0.5) is 0 Å². The first-order valence-corrected chi connectivity index (χ1v) is 6.47. The molecular formula is C13H25N. The van der Waals surface area contributed by atoms with Gasteiger partial charge in [-0.15, -0.1) is 0 Å². The third-order valence-corrected chi connectivity index (χ3v) is 4.56. The normalized spacial score (nSPS) is 40.3. The molecule has 1 nitrogen and oxygen atoms in total. The van der Waals surface area contributed by atoms with Gasteiger partial charge in [-0.05, 0) is 50.6 Å². The van der Waals surface area contributed by atoms with Crippen molar-refractivity contribution in [3.63, 3.8) is 0 Å². The van der Waals surface area contributed by atoms with Crippen LogP contribution in [-0.4, -0.2) is 24.0 Å². The second kappa shape index (κ2) is 4.22. The van der Waals surface area contributed by atoms with Gasteiger partial charge in [0.1, 0.15) is 0 Å². The predicted molar refractivity (Wildman–Crippen MR) is 61.5 cm³/mol. The number of rotatable bonds is 1. The summed E-state index contributed by atoms with van der Waals surface area (Å²) in [6.45, 7) is 7.63. The van der Waals surface area contributed by atoms with Gasteiger partial charge in [-0.1, -0.05) is 26.7 Å². The molecule has 0 aliphatic carbocycles. The Kier molecular flexibility index (Phi) is 3.16. The summed E-state index contributed by atoms with van der Waals surface area (Å²) in [6.07, 6.45) is 10.1. The first-order valence-electron chi connectivity index (χ1n) is 6.47. The molecule has 2 fully saturated rings. The van der Waals surface area contributed by atoms with Crippen molar-refractivity contribution in [1.29, 1.82) is 0 Å². The third kappa shape index (κ3) is 2.13. The molecule has 0 aromatic carbocycles. The zero-order chi connectivity index (χ0) is 10.0. The summed E-state index contributed by atoms with van der Waals surface area (Å²) in [5.41, 5.74) is 0.650. The van der Waals surface area contributed by atoms with E-state index >= 15 is 0 Å². The zero-order valence-corrected chi connectivity index (χ0v) is 9.89. The number of hydrogen-bond donors (Lipinski definition) is 0. The zero-order valence-electron chi connectivity index (χ0n) is 9.89. The molecule has 2 heterocycles. The second-order valence-corrected chi connectivity index (χ2v) is 5.66. The molecule has 2 unspecified atom stereocenters. The van der Waals surface area contributed by atoms with E-state index in [1.165, 1.54) is 58.0 Å². The largest absolute Gasteiger partial charge is 0.300 e. The van der Waals surface area contributed by atoms with Crippen molar-refractivity contribution in [3.8, 4) is 0 Å². The van der Waals surface area contributed by atoms with Gasteiger partial charge in [0.2, 0.25) is 0 Å². The highest BCUT2D eigenvalue weighted by atomic mass is 15.2. The van der Waals surface area contributed by atoms with Crippen LogP contribution in [0.3, 0.4) is 0 Å². The molecule has 2 atom stereocenters. The highest BCUT2D eigenvalue weighted by Gasteiger charge is 2.33. The molecule has 0 bridgehead atoms. The van der Waals surface area contributed by atoms with Crippen LogP contribution < -0.4 is 0 Å². The molecular weight excluding hydrogens is 170 g/mol. The van der Waals surface area contributed by atoms with Crippen molar-refractivity contribution < 1.29 is 0 Å². The summed E-state index contributed by atoms with van der Waals surface area (Å²) >= 11 is 0. The highest BCUT2D eigenvalue weighted by Crippen LogP contribution is 2.39. The van der Waals surface area contributed by atoms with Crippen molar-refractivity contribution in [1.82, 2.24) is 4.90 Å². The summed E-state index contributed by atoms with van der Waals surface area (Å²) in [5, 5.41) is 0. The van der Waals surface area contributed by atoms with Crippen LogP contribution in [0, 0.1) is 5.41 Å². The molecule has 2 rings (SSSR count). The Morgan fingerprint density at radius 2 is 2.00 bits per heavy atom. The van der Waals surface area contributed by atoms with Crippen LogP contribution >= 0.6 is 0 Å². The summed E-state index contributed by atoms with van der Waals surface area (Å²) in [5.74, 6) is 0. The molecule has 0 N–H and O–H groups in total. The number of nitrogens with zero attached hydrogens (tertiary/aromatic N) is 1. The minimum atomic E-state index is 0.650. The summed E-state index contributed by atoms with van der Waals surface area (Å²) < 4.78 is 0. The smallest absolute Gasteiger partial charge is 0.0100 e. The predicted octanol–water partition coefficient (Wildman–Crippen LogP) is 3.44. The van der Waals surface area contributed by atoms with Gasteiger partial charge in [0.25, 0.3) is 0 Å². The van der Waals surface area contributed by atoms with Gasteiger partial charge in [-0.3, -0.25) is 0 Å². The summed E-state index contributed by atoms with van der Waals surface area (Å²) in [7, 11) is 0. The van der Waals surface area contributed by atoms with Crippen LogP contribution in [0.15, 0.2) is 0 Å². The fourth-order valence-corrected chi connectivity index (χ4v) is 3.29. The Hall–Kier alpha value is -0.0400. The molecule has 2 aliphatic heterocycles. The lowest BCUT2D eigenvalue weighted by atomic mass is 9.77. The van der Waals surface area contributed by atoms with E-state index in [-0.39, 0.29) is 0 Å². The van der Waals surface area contributed by atoms with Crippen molar-refractivity contribution in [2.24, 2.45) is 5.41 Å². The molecule has 14 heavy (non-hydrogen) atoms. The van der Waals surface area contributed by atoms with Crippen molar-refractivity contribution in [2.45, 2.75) is 64.8 Å². The molecule has 0 spiro atoms. The Labute approximate surface area is 88.9 Å². The van der Waals surface area contributed by atoms with Crippen molar-refractivity contribution in [2.75, 3.05) is 13.1 Å². The van der Waals surface area contributed by atoms with E-state index in [2.05, 4.69) is 18.7 Å². The maximum absolute atomic E-state index is 2.77. The number of piperidine rings is 1. The highest BCUT2D eigenvalue weighted by molar-refractivity contribution is 4.87. The minimum absolute atomic E-state index is 0.650. The van der Waals surface area contributed by atoms with Crippen molar-refractivity contribution in [3.05, 3.63) is 0 Å². The van der Waals surface area contributed by atoms with E-state index in [0.717, 1.165) is 6.04 Å². The third-order valence-electron chi connectivity index (χ3n) is 4.56. The molecule has 0 radical (unpaired) electrons. The van der Waals surface area contributed by atoms with Gasteiger partial charge in [0.15, 0.2) is 0 Å². The van der Waals surface area contributed by atoms with Crippen LogP contribution in [0.1, 0.15) is 58.8 Å². The Morgan fingerprint density at radius 1 is 1.21 bits per heavy atom. The molecule has 2 saturated heterocycles. The standard InChI is InChI=1S/C13H25N/c1-3-13(2)8-6-10-14-9-5-4-7-12(14)11-13/h12H,3-11H2,1-2H3. The Morgan fingerprint density at radius 3 is 2.79 bits per heavy atom. The van der Waals surface area contributed by atoms with E-state index in [0.29, 0.717) is 5.41 Å². The second-order valence-electron chi connectivity index (χ2n) is 5.66. The average molecular weight is 195 g/mol. The Balaban J connectivity index is 2.03. The van der Waals surface area contributed by atoms with Crippen LogP contribution in [0.5, 0.6) is 0 Å². The topological polar surface area (TPSA) is 3.24 Å². The first-order chi connectivity index (χ1) is 6.73.